The number of rotatable bonds is 6. The number of para-hydroxylation sites is 1. The van der Waals surface area contributed by atoms with E-state index >= 15 is 0 Å². The number of likely N-dealkylation sites (tertiary alicyclic amines) is 1. The third-order valence-electron chi connectivity index (χ3n) is 6.90. The smallest absolute Gasteiger partial charge is 0.250 e. The van der Waals surface area contributed by atoms with Gasteiger partial charge in [-0.2, -0.15) is 0 Å². The molecule has 1 fully saturated rings. The van der Waals surface area contributed by atoms with E-state index in [1.165, 1.54) is 17.7 Å². The minimum atomic E-state index is -0.796. The Morgan fingerprint density at radius 1 is 0.971 bits per heavy atom. The van der Waals surface area contributed by atoms with Crippen molar-refractivity contribution >= 4 is 17.2 Å². The molecule has 1 saturated heterocycles. The minimum Gasteiger partial charge on any atom is -0.368 e. The first-order valence-electron chi connectivity index (χ1n) is 12.2. The highest BCUT2D eigenvalue weighted by atomic mass is 19.1. The molecule has 2 aliphatic heterocycles. The molecule has 0 aliphatic carbocycles. The van der Waals surface area contributed by atoms with Gasteiger partial charge in [0.2, 0.25) is 5.91 Å². The van der Waals surface area contributed by atoms with Crippen molar-refractivity contribution in [2.45, 2.75) is 31.3 Å². The number of benzene rings is 3. The second-order valence-electron chi connectivity index (χ2n) is 9.07. The SMILES string of the molecule is O=C(C(Nc1ccccc1F)c1ccc(C2=CCNCC2)cc1)N1CCCC1c1ccccc1F. The summed E-state index contributed by atoms with van der Waals surface area (Å²) in [5.74, 6) is -0.919. The van der Waals surface area contributed by atoms with E-state index in [0.29, 0.717) is 18.5 Å². The van der Waals surface area contributed by atoms with Crippen LogP contribution in [0.4, 0.5) is 14.5 Å². The highest BCUT2D eigenvalue weighted by Gasteiger charge is 2.36. The summed E-state index contributed by atoms with van der Waals surface area (Å²) in [6.45, 7) is 2.32. The van der Waals surface area contributed by atoms with Crippen LogP contribution in [-0.2, 0) is 4.79 Å². The summed E-state index contributed by atoms with van der Waals surface area (Å²) in [5.41, 5.74) is 3.93. The molecule has 2 atom stereocenters. The van der Waals surface area contributed by atoms with E-state index in [-0.39, 0.29) is 23.5 Å². The third kappa shape index (κ3) is 4.98. The van der Waals surface area contributed by atoms with Crippen molar-refractivity contribution in [3.63, 3.8) is 0 Å². The Balaban J connectivity index is 1.47. The van der Waals surface area contributed by atoms with E-state index in [2.05, 4.69) is 16.7 Å². The van der Waals surface area contributed by atoms with E-state index in [1.807, 2.05) is 24.3 Å². The van der Waals surface area contributed by atoms with Crippen LogP contribution in [0.25, 0.3) is 5.57 Å². The summed E-state index contributed by atoms with van der Waals surface area (Å²) in [6.07, 6.45) is 4.62. The molecule has 35 heavy (non-hydrogen) atoms. The molecule has 2 heterocycles. The van der Waals surface area contributed by atoms with Gasteiger partial charge in [0.1, 0.15) is 17.7 Å². The Hall–Kier alpha value is -3.51. The molecular weight excluding hydrogens is 444 g/mol. The molecule has 0 aromatic heterocycles. The van der Waals surface area contributed by atoms with Crippen LogP contribution in [0.5, 0.6) is 0 Å². The lowest BCUT2D eigenvalue weighted by molar-refractivity contribution is -0.133. The summed E-state index contributed by atoms with van der Waals surface area (Å²) in [6, 6.07) is 19.7. The molecule has 180 valence electrons. The molecule has 6 heteroatoms. The third-order valence-corrected chi connectivity index (χ3v) is 6.90. The molecule has 0 radical (unpaired) electrons. The van der Waals surface area contributed by atoms with Crippen LogP contribution in [0.2, 0.25) is 0 Å². The van der Waals surface area contributed by atoms with Crippen molar-refractivity contribution in [3.8, 4) is 0 Å². The standard InChI is InChI=1S/C29H29F2N3O/c30-24-7-2-1-6-23(24)27-10-5-19-34(27)29(35)28(33-26-9-4-3-8-25(26)31)22-13-11-20(12-14-22)21-15-17-32-18-16-21/h1-4,6-9,11-15,27-28,32-33H,5,10,16-19H2. The van der Waals surface area contributed by atoms with Gasteiger partial charge < -0.3 is 15.5 Å². The first-order chi connectivity index (χ1) is 17.1. The average Bonchev–Trinajstić information content (AvgIpc) is 3.39. The second-order valence-corrected chi connectivity index (χ2v) is 9.07. The van der Waals surface area contributed by atoms with Gasteiger partial charge in [-0.15, -0.1) is 0 Å². The fraction of sp³-hybridized carbons (Fsp3) is 0.276. The maximum absolute atomic E-state index is 14.6. The largest absolute Gasteiger partial charge is 0.368 e. The molecule has 1 amide bonds. The Bertz CT molecular complexity index is 1220. The van der Waals surface area contributed by atoms with Crippen LogP contribution < -0.4 is 10.6 Å². The topological polar surface area (TPSA) is 44.4 Å². The van der Waals surface area contributed by atoms with E-state index in [1.54, 1.807) is 41.3 Å². The molecule has 2 unspecified atom stereocenters. The zero-order valence-corrected chi connectivity index (χ0v) is 19.5. The number of halogens is 2. The van der Waals surface area contributed by atoms with Gasteiger partial charge in [-0.25, -0.2) is 8.78 Å². The predicted octanol–water partition coefficient (Wildman–Crippen LogP) is 5.86. The molecule has 2 aliphatic rings. The van der Waals surface area contributed by atoms with Gasteiger partial charge in [0, 0.05) is 18.7 Å². The molecular formula is C29H29F2N3O. The summed E-state index contributed by atoms with van der Waals surface area (Å²) in [5, 5.41) is 6.46. The normalized spacial score (nSPS) is 18.7. The lowest BCUT2D eigenvalue weighted by Gasteiger charge is -2.30. The number of nitrogens with zero attached hydrogens (tertiary/aromatic N) is 1. The Labute approximate surface area is 204 Å². The van der Waals surface area contributed by atoms with Crippen molar-refractivity contribution < 1.29 is 13.6 Å². The van der Waals surface area contributed by atoms with Gasteiger partial charge in [0.05, 0.1) is 11.7 Å². The predicted molar refractivity (Wildman–Crippen MR) is 135 cm³/mol. The number of carbonyl (C=O) groups is 1. The van der Waals surface area contributed by atoms with Crippen LogP contribution in [0, 0.1) is 11.6 Å². The highest BCUT2D eigenvalue weighted by molar-refractivity contribution is 5.87. The summed E-state index contributed by atoms with van der Waals surface area (Å²) >= 11 is 0. The van der Waals surface area contributed by atoms with Crippen molar-refractivity contribution in [1.29, 1.82) is 0 Å². The maximum atomic E-state index is 14.6. The Morgan fingerprint density at radius 3 is 2.43 bits per heavy atom. The quantitative estimate of drug-likeness (QED) is 0.472. The number of hydrogen-bond donors (Lipinski definition) is 2. The van der Waals surface area contributed by atoms with Gasteiger partial charge in [-0.05, 0) is 60.7 Å². The van der Waals surface area contributed by atoms with Crippen LogP contribution in [0.1, 0.15) is 48.0 Å². The maximum Gasteiger partial charge on any atom is 0.250 e. The van der Waals surface area contributed by atoms with Crippen LogP contribution >= 0.6 is 0 Å². The van der Waals surface area contributed by atoms with Crippen molar-refractivity contribution in [3.05, 3.63) is 107 Å². The minimum absolute atomic E-state index is 0.187. The van der Waals surface area contributed by atoms with Crippen molar-refractivity contribution in [1.82, 2.24) is 10.2 Å². The zero-order valence-electron chi connectivity index (χ0n) is 19.5. The molecule has 3 aromatic carbocycles. The lowest BCUT2D eigenvalue weighted by atomic mass is 9.96. The molecule has 0 bridgehead atoms. The molecule has 4 nitrogen and oxygen atoms in total. The van der Waals surface area contributed by atoms with Crippen LogP contribution in [0.15, 0.2) is 78.9 Å². The first kappa shape index (κ1) is 23.2. The van der Waals surface area contributed by atoms with Gasteiger partial charge in [0.25, 0.3) is 0 Å². The lowest BCUT2D eigenvalue weighted by Crippen LogP contribution is -2.38. The van der Waals surface area contributed by atoms with Crippen LogP contribution in [-0.4, -0.2) is 30.4 Å². The Kier molecular flexibility index (Phi) is 6.91. The van der Waals surface area contributed by atoms with Gasteiger partial charge in [-0.3, -0.25) is 4.79 Å². The van der Waals surface area contributed by atoms with E-state index in [0.717, 1.165) is 37.1 Å². The van der Waals surface area contributed by atoms with Gasteiger partial charge >= 0.3 is 0 Å². The van der Waals surface area contributed by atoms with Gasteiger partial charge in [-0.1, -0.05) is 60.7 Å². The second kappa shape index (κ2) is 10.4. The number of nitrogens with one attached hydrogen (secondary N) is 2. The summed E-state index contributed by atoms with van der Waals surface area (Å²) in [4.78, 5) is 15.7. The Morgan fingerprint density at radius 2 is 1.71 bits per heavy atom. The van der Waals surface area contributed by atoms with E-state index in [4.69, 9.17) is 0 Å². The first-order valence-corrected chi connectivity index (χ1v) is 12.2. The molecule has 0 spiro atoms. The molecule has 2 N–H and O–H groups in total. The van der Waals surface area contributed by atoms with Crippen LogP contribution in [0.3, 0.4) is 0 Å². The highest BCUT2D eigenvalue weighted by Crippen LogP contribution is 2.36. The fourth-order valence-electron chi connectivity index (χ4n) is 5.06. The van der Waals surface area contributed by atoms with Crippen molar-refractivity contribution in [2.75, 3.05) is 25.0 Å². The molecule has 3 aromatic rings. The van der Waals surface area contributed by atoms with Crippen molar-refractivity contribution in [2.24, 2.45) is 0 Å². The van der Waals surface area contributed by atoms with E-state index in [9.17, 15) is 13.6 Å². The summed E-state index contributed by atoms with van der Waals surface area (Å²) in [7, 11) is 0. The van der Waals surface area contributed by atoms with Gasteiger partial charge in [0.15, 0.2) is 0 Å². The summed E-state index contributed by atoms with van der Waals surface area (Å²) < 4.78 is 29.2. The number of amides is 1. The van der Waals surface area contributed by atoms with E-state index < -0.39 is 11.9 Å². The number of hydrogen-bond acceptors (Lipinski definition) is 3. The zero-order chi connectivity index (χ0) is 24.2. The fourth-order valence-corrected chi connectivity index (χ4v) is 5.06. The molecule has 0 saturated carbocycles. The number of carbonyl (C=O) groups excluding carboxylic acids is 1. The average molecular weight is 474 g/mol. The monoisotopic (exact) mass is 473 g/mol. The molecule has 5 rings (SSSR count). The number of anilines is 1.